The van der Waals surface area contributed by atoms with Gasteiger partial charge in [-0.1, -0.05) is 13.8 Å². The predicted octanol–water partition coefficient (Wildman–Crippen LogP) is 1.85. The normalized spacial score (nSPS) is 9.08. The molecule has 1 heterocycles. The molecule has 1 rings (SSSR count). The lowest BCUT2D eigenvalue weighted by Crippen LogP contribution is -2.20. The Morgan fingerprint density at radius 3 is 2.33 bits per heavy atom. The average Bonchev–Trinajstić information content (AvgIpc) is 2.08. The van der Waals surface area contributed by atoms with Gasteiger partial charge in [-0.2, -0.15) is 0 Å². The first-order valence-electron chi connectivity index (χ1n) is 4.24. The van der Waals surface area contributed by atoms with E-state index in [1.807, 2.05) is 27.7 Å². The maximum atomic E-state index is 11.0. The van der Waals surface area contributed by atoms with Crippen LogP contribution in [0.15, 0.2) is 23.4 Å². The lowest BCUT2D eigenvalue weighted by Gasteiger charge is -2.05. The van der Waals surface area contributed by atoms with E-state index in [0.717, 1.165) is 0 Å². The molecule has 0 aromatic carbocycles. The molecule has 0 saturated heterocycles. The molecule has 3 heteroatoms. The molecule has 0 aliphatic heterocycles. The van der Waals surface area contributed by atoms with Crippen LogP contribution in [0.4, 0.5) is 0 Å². The summed E-state index contributed by atoms with van der Waals surface area (Å²) in [6.07, 6.45) is 3.05. The van der Waals surface area contributed by atoms with Gasteiger partial charge in [-0.25, -0.2) is 4.98 Å². The lowest BCUT2D eigenvalue weighted by molar-refractivity contribution is 0.567. The topological polar surface area (TPSA) is 34.9 Å². The second kappa shape index (κ2) is 5.52. The zero-order valence-electron chi connectivity index (χ0n) is 8.11. The molecule has 1 aromatic heterocycles. The highest BCUT2D eigenvalue weighted by molar-refractivity contribution is 4.83. The Bertz CT molecular complexity index is 265. The highest BCUT2D eigenvalue weighted by Gasteiger charge is 1.96. The fourth-order valence-electron chi connectivity index (χ4n) is 0.748. The summed E-state index contributed by atoms with van der Waals surface area (Å²) in [5, 5.41) is 0. The molecule has 3 nitrogen and oxygen atoms in total. The van der Waals surface area contributed by atoms with Crippen molar-refractivity contribution in [3.63, 3.8) is 0 Å². The summed E-state index contributed by atoms with van der Waals surface area (Å²) in [5.41, 5.74) is 0.00463. The second-order valence-corrected chi connectivity index (χ2v) is 2.42. The molecule has 1 aromatic rings. The SMILES string of the molecule is CC.CC(C)n1cnccc1=O. The quantitative estimate of drug-likeness (QED) is 0.641. The first kappa shape index (κ1) is 10.9. The average molecular weight is 168 g/mol. The van der Waals surface area contributed by atoms with Crippen LogP contribution in [-0.4, -0.2) is 9.55 Å². The minimum absolute atomic E-state index is 0.00463. The summed E-state index contributed by atoms with van der Waals surface area (Å²) in [7, 11) is 0. The van der Waals surface area contributed by atoms with Gasteiger partial charge in [0.15, 0.2) is 0 Å². The number of aromatic nitrogens is 2. The molecule has 12 heavy (non-hydrogen) atoms. The number of hydrogen-bond acceptors (Lipinski definition) is 2. The van der Waals surface area contributed by atoms with Crippen molar-refractivity contribution in [1.29, 1.82) is 0 Å². The van der Waals surface area contributed by atoms with Crippen LogP contribution in [-0.2, 0) is 0 Å². The second-order valence-electron chi connectivity index (χ2n) is 2.42. The third-order valence-electron chi connectivity index (χ3n) is 1.31. The minimum atomic E-state index is 0.00463. The summed E-state index contributed by atoms with van der Waals surface area (Å²) in [5.74, 6) is 0. The van der Waals surface area contributed by atoms with Gasteiger partial charge in [-0.3, -0.25) is 9.36 Å². The van der Waals surface area contributed by atoms with Gasteiger partial charge in [0.25, 0.3) is 5.56 Å². The van der Waals surface area contributed by atoms with Gasteiger partial charge in [0.2, 0.25) is 0 Å². The van der Waals surface area contributed by atoms with Gasteiger partial charge < -0.3 is 0 Å². The number of hydrogen-bond donors (Lipinski definition) is 0. The molecule has 0 bridgehead atoms. The Morgan fingerprint density at radius 2 is 2.00 bits per heavy atom. The maximum absolute atomic E-state index is 11.0. The molecule has 0 spiro atoms. The first-order chi connectivity index (χ1) is 5.72. The fourth-order valence-corrected chi connectivity index (χ4v) is 0.748. The van der Waals surface area contributed by atoms with Crippen LogP contribution in [0.25, 0.3) is 0 Å². The van der Waals surface area contributed by atoms with Crippen molar-refractivity contribution < 1.29 is 0 Å². The van der Waals surface area contributed by atoms with Gasteiger partial charge in [-0.05, 0) is 13.8 Å². The predicted molar refractivity (Wildman–Crippen MR) is 50.2 cm³/mol. The van der Waals surface area contributed by atoms with Crippen molar-refractivity contribution >= 4 is 0 Å². The Morgan fingerprint density at radius 1 is 1.42 bits per heavy atom. The molecule has 0 N–H and O–H groups in total. The lowest BCUT2D eigenvalue weighted by atomic mass is 10.4. The van der Waals surface area contributed by atoms with Gasteiger partial charge in [0.05, 0.1) is 6.33 Å². The summed E-state index contributed by atoms with van der Waals surface area (Å²) < 4.78 is 1.58. The van der Waals surface area contributed by atoms with Crippen LogP contribution >= 0.6 is 0 Å². The Hall–Kier alpha value is -1.12. The molecule has 0 aliphatic carbocycles. The van der Waals surface area contributed by atoms with Crippen molar-refractivity contribution in [2.75, 3.05) is 0 Å². The van der Waals surface area contributed by atoms with E-state index in [4.69, 9.17) is 0 Å². The third-order valence-corrected chi connectivity index (χ3v) is 1.31. The molecule has 0 amide bonds. The Labute approximate surface area is 73.1 Å². The summed E-state index contributed by atoms with van der Waals surface area (Å²) >= 11 is 0. The van der Waals surface area contributed by atoms with E-state index in [-0.39, 0.29) is 11.6 Å². The molecule has 0 unspecified atom stereocenters. The van der Waals surface area contributed by atoms with Crippen molar-refractivity contribution in [3.8, 4) is 0 Å². The van der Waals surface area contributed by atoms with Crippen molar-refractivity contribution in [2.24, 2.45) is 0 Å². The van der Waals surface area contributed by atoms with Crippen LogP contribution in [0.2, 0.25) is 0 Å². The van der Waals surface area contributed by atoms with Crippen molar-refractivity contribution in [3.05, 3.63) is 28.9 Å². The van der Waals surface area contributed by atoms with Gasteiger partial charge in [0.1, 0.15) is 0 Å². The first-order valence-corrected chi connectivity index (χ1v) is 4.24. The largest absolute Gasteiger partial charge is 0.297 e. The van der Waals surface area contributed by atoms with Crippen LogP contribution in [0, 0.1) is 0 Å². The zero-order chi connectivity index (χ0) is 9.56. The van der Waals surface area contributed by atoms with Crippen LogP contribution in [0.1, 0.15) is 33.7 Å². The molecule has 68 valence electrons. The van der Waals surface area contributed by atoms with Crippen LogP contribution in [0.3, 0.4) is 0 Å². The van der Waals surface area contributed by atoms with E-state index >= 15 is 0 Å². The summed E-state index contributed by atoms with van der Waals surface area (Å²) in [6.45, 7) is 7.90. The van der Waals surface area contributed by atoms with Crippen molar-refractivity contribution in [2.45, 2.75) is 33.7 Å². The summed E-state index contributed by atoms with van der Waals surface area (Å²) in [4.78, 5) is 14.8. The van der Waals surface area contributed by atoms with Crippen molar-refractivity contribution in [1.82, 2.24) is 9.55 Å². The molecule has 0 fully saturated rings. The molecule has 0 radical (unpaired) electrons. The molecule has 0 aliphatic rings. The molecular weight excluding hydrogens is 152 g/mol. The smallest absolute Gasteiger partial charge is 0.253 e. The van der Waals surface area contributed by atoms with Gasteiger partial charge in [0, 0.05) is 18.3 Å². The van der Waals surface area contributed by atoms with E-state index in [0.29, 0.717) is 0 Å². The van der Waals surface area contributed by atoms with E-state index in [1.54, 1.807) is 10.9 Å². The zero-order valence-corrected chi connectivity index (χ0v) is 8.11. The maximum Gasteiger partial charge on any atom is 0.253 e. The molecule has 0 saturated carbocycles. The minimum Gasteiger partial charge on any atom is -0.297 e. The van der Waals surface area contributed by atoms with Crippen LogP contribution in [0.5, 0.6) is 0 Å². The molecular formula is C9H16N2O. The van der Waals surface area contributed by atoms with E-state index < -0.39 is 0 Å². The Balaban J connectivity index is 0.000000561. The Kier molecular flexibility index (Phi) is 5.00. The van der Waals surface area contributed by atoms with E-state index in [9.17, 15) is 4.79 Å². The third kappa shape index (κ3) is 2.86. The molecule has 0 atom stereocenters. The fraction of sp³-hybridized carbons (Fsp3) is 0.556. The highest BCUT2D eigenvalue weighted by Crippen LogP contribution is 1.95. The van der Waals surface area contributed by atoms with Gasteiger partial charge in [-0.15, -0.1) is 0 Å². The highest BCUT2D eigenvalue weighted by atomic mass is 16.1. The van der Waals surface area contributed by atoms with Gasteiger partial charge >= 0.3 is 0 Å². The van der Waals surface area contributed by atoms with E-state index in [2.05, 4.69) is 4.98 Å². The number of nitrogens with zero attached hydrogens (tertiary/aromatic N) is 2. The van der Waals surface area contributed by atoms with E-state index in [1.165, 1.54) is 12.3 Å². The summed E-state index contributed by atoms with van der Waals surface area (Å²) in [6, 6.07) is 1.65. The number of rotatable bonds is 1. The standard InChI is InChI=1S/C7H10N2O.C2H6/c1-6(2)9-5-8-4-3-7(9)10;1-2/h3-6H,1-2H3;1-2H3. The monoisotopic (exact) mass is 168 g/mol. The van der Waals surface area contributed by atoms with Crippen LogP contribution < -0.4 is 5.56 Å².